The van der Waals surface area contributed by atoms with Crippen LogP contribution in [0.1, 0.15) is 36.5 Å². The highest BCUT2D eigenvalue weighted by molar-refractivity contribution is 5.73. The highest BCUT2D eigenvalue weighted by Crippen LogP contribution is 2.20. The fourth-order valence-corrected chi connectivity index (χ4v) is 1.99. The van der Waals surface area contributed by atoms with E-state index in [-0.39, 0.29) is 6.61 Å². The minimum atomic E-state index is 0.242. The second-order valence-corrected chi connectivity index (χ2v) is 5.41. The predicted octanol–water partition coefficient (Wildman–Crippen LogP) is 2.72. The van der Waals surface area contributed by atoms with Crippen molar-refractivity contribution in [2.45, 2.75) is 33.4 Å². The second kappa shape index (κ2) is 7.59. The van der Waals surface area contributed by atoms with E-state index >= 15 is 0 Å². The number of hydrogen-bond donors (Lipinski definition) is 0. The molecule has 118 valence electrons. The number of carbonyl (C=O) groups is 1. The first-order chi connectivity index (χ1) is 10.6. The van der Waals surface area contributed by atoms with E-state index in [0.29, 0.717) is 29.3 Å². The lowest BCUT2D eigenvalue weighted by Crippen LogP contribution is -2.11. The van der Waals surface area contributed by atoms with Gasteiger partial charge in [0, 0.05) is 12.6 Å². The lowest BCUT2D eigenvalue weighted by Gasteiger charge is -2.10. The van der Waals surface area contributed by atoms with Crippen LogP contribution in [0.25, 0.3) is 0 Å². The summed E-state index contributed by atoms with van der Waals surface area (Å²) in [5, 5.41) is 7.93. The van der Waals surface area contributed by atoms with E-state index in [1.54, 1.807) is 17.9 Å². The van der Waals surface area contributed by atoms with Crippen LogP contribution >= 0.6 is 0 Å². The summed E-state index contributed by atoms with van der Waals surface area (Å²) < 4.78 is 12.6. The van der Waals surface area contributed by atoms with Crippen LogP contribution in [-0.4, -0.2) is 28.4 Å². The fourth-order valence-electron chi connectivity index (χ4n) is 1.99. The Balaban J connectivity index is 2.10. The summed E-state index contributed by atoms with van der Waals surface area (Å²) in [6.45, 7) is 5.25. The van der Waals surface area contributed by atoms with Crippen molar-refractivity contribution >= 4 is 6.29 Å². The Bertz CT molecular complexity index is 623. The van der Waals surface area contributed by atoms with Gasteiger partial charge < -0.3 is 9.47 Å². The first-order valence-corrected chi connectivity index (χ1v) is 7.28. The molecule has 0 atom stereocenters. The monoisotopic (exact) mass is 303 g/mol. The molecule has 0 aliphatic rings. The molecule has 6 nitrogen and oxygen atoms in total. The van der Waals surface area contributed by atoms with E-state index in [4.69, 9.17) is 9.47 Å². The highest BCUT2D eigenvalue weighted by atomic mass is 16.5. The lowest BCUT2D eigenvalue weighted by molar-refractivity contribution is 0.111. The van der Waals surface area contributed by atoms with Gasteiger partial charge in [0.25, 0.3) is 0 Å². The van der Waals surface area contributed by atoms with Crippen LogP contribution in [-0.2, 0) is 13.2 Å². The number of hydrogen-bond acceptors (Lipinski definition) is 5. The van der Waals surface area contributed by atoms with Crippen LogP contribution < -0.4 is 9.47 Å². The molecule has 22 heavy (non-hydrogen) atoms. The molecule has 0 aliphatic carbocycles. The summed E-state index contributed by atoms with van der Waals surface area (Å²) in [6.07, 6.45) is 1.68. The largest absolute Gasteiger partial charge is 0.497 e. The number of carbonyl (C=O) groups excluding carboxylic acids is 1. The third-order valence-electron chi connectivity index (χ3n) is 3.31. The van der Waals surface area contributed by atoms with Gasteiger partial charge in [0.05, 0.1) is 7.11 Å². The molecule has 0 fully saturated rings. The van der Waals surface area contributed by atoms with E-state index < -0.39 is 0 Å². The van der Waals surface area contributed by atoms with Crippen LogP contribution in [0.2, 0.25) is 0 Å². The van der Waals surface area contributed by atoms with Gasteiger partial charge in [-0.1, -0.05) is 25.1 Å². The van der Waals surface area contributed by atoms with E-state index in [1.165, 1.54) is 0 Å². The zero-order chi connectivity index (χ0) is 15.9. The minimum absolute atomic E-state index is 0.242. The Kier molecular flexibility index (Phi) is 5.52. The van der Waals surface area contributed by atoms with Gasteiger partial charge in [-0.2, -0.15) is 0 Å². The van der Waals surface area contributed by atoms with Crippen molar-refractivity contribution in [1.82, 2.24) is 15.0 Å². The Morgan fingerprint density at radius 2 is 2.09 bits per heavy atom. The van der Waals surface area contributed by atoms with Gasteiger partial charge in [0.15, 0.2) is 12.0 Å². The van der Waals surface area contributed by atoms with Crippen LogP contribution in [0.3, 0.4) is 0 Å². The zero-order valence-electron chi connectivity index (χ0n) is 13.2. The Hall–Kier alpha value is -2.37. The molecule has 0 spiro atoms. The Morgan fingerprint density at radius 3 is 2.77 bits per heavy atom. The molecule has 6 heteroatoms. The van der Waals surface area contributed by atoms with E-state index in [1.807, 2.05) is 18.2 Å². The van der Waals surface area contributed by atoms with Crippen LogP contribution in [0.5, 0.6) is 11.5 Å². The molecule has 0 saturated heterocycles. The number of nitrogens with zero attached hydrogens (tertiary/aromatic N) is 3. The lowest BCUT2D eigenvalue weighted by atomic mass is 10.1. The van der Waals surface area contributed by atoms with Gasteiger partial charge in [-0.05, 0) is 24.5 Å². The number of benzene rings is 1. The summed E-state index contributed by atoms with van der Waals surface area (Å²) in [4.78, 5) is 11.1. The van der Waals surface area contributed by atoms with Crippen molar-refractivity contribution in [3.8, 4) is 11.5 Å². The number of aldehydes is 1. The molecular formula is C16H21N3O3. The van der Waals surface area contributed by atoms with Crippen molar-refractivity contribution in [3.05, 3.63) is 35.7 Å². The van der Waals surface area contributed by atoms with Gasteiger partial charge >= 0.3 is 0 Å². The van der Waals surface area contributed by atoms with Crippen LogP contribution in [0, 0.1) is 5.92 Å². The number of rotatable bonds is 8. The van der Waals surface area contributed by atoms with Crippen molar-refractivity contribution in [3.63, 3.8) is 0 Å². The normalized spacial score (nSPS) is 10.7. The van der Waals surface area contributed by atoms with Gasteiger partial charge in [-0.25, -0.2) is 4.68 Å². The summed E-state index contributed by atoms with van der Waals surface area (Å²) in [5.41, 5.74) is 1.02. The molecule has 2 rings (SSSR count). The third-order valence-corrected chi connectivity index (χ3v) is 3.31. The molecule has 1 aromatic carbocycles. The third kappa shape index (κ3) is 4.07. The molecule has 0 N–H and O–H groups in total. The van der Waals surface area contributed by atoms with Gasteiger partial charge in [0.2, 0.25) is 0 Å². The standard InChI is InChI=1S/C16H21N3O3/c1-12(2)7-8-19-16(15(10-20)17-18-19)11-22-14-6-4-5-13(9-14)21-3/h4-6,9-10,12H,7-8,11H2,1-3H3. The second-order valence-electron chi connectivity index (χ2n) is 5.41. The maximum absolute atomic E-state index is 11.1. The molecule has 0 saturated carbocycles. The molecule has 2 aromatic rings. The molecule has 0 unspecified atom stereocenters. The summed E-state index contributed by atoms with van der Waals surface area (Å²) >= 11 is 0. The summed E-state index contributed by atoms with van der Waals surface area (Å²) in [7, 11) is 1.61. The molecule has 1 heterocycles. The zero-order valence-corrected chi connectivity index (χ0v) is 13.2. The van der Waals surface area contributed by atoms with Gasteiger partial charge in [-0.15, -0.1) is 5.10 Å². The molecule has 0 radical (unpaired) electrons. The van der Waals surface area contributed by atoms with E-state index in [2.05, 4.69) is 24.2 Å². The molecule has 0 bridgehead atoms. The van der Waals surface area contributed by atoms with E-state index in [0.717, 1.165) is 18.7 Å². The van der Waals surface area contributed by atoms with Crippen molar-refractivity contribution in [2.24, 2.45) is 5.92 Å². The van der Waals surface area contributed by atoms with Crippen molar-refractivity contribution < 1.29 is 14.3 Å². The first kappa shape index (κ1) is 16.0. The predicted molar refractivity (Wildman–Crippen MR) is 82.2 cm³/mol. The number of aromatic nitrogens is 3. The van der Waals surface area contributed by atoms with E-state index in [9.17, 15) is 4.79 Å². The van der Waals surface area contributed by atoms with Gasteiger partial charge in [0.1, 0.15) is 23.8 Å². The quantitative estimate of drug-likeness (QED) is 0.701. The Morgan fingerprint density at radius 1 is 1.32 bits per heavy atom. The average Bonchev–Trinajstić information content (AvgIpc) is 2.93. The first-order valence-electron chi connectivity index (χ1n) is 7.28. The molecule has 0 amide bonds. The smallest absolute Gasteiger partial charge is 0.172 e. The van der Waals surface area contributed by atoms with Gasteiger partial charge in [-0.3, -0.25) is 4.79 Å². The van der Waals surface area contributed by atoms with Crippen molar-refractivity contribution in [2.75, 3.05) is 7.11 Å². The summed E-state index contributed by atoms with van der Waals surface area (Å²) in [6, 6.07) is 7.33. The minimum Gasteiger partial charge on any atom is -0.497 e. The highest BCUT2D eigenvalue weighted by Gasteiger charge is 2.13. The molecule has 0 aliphatic heterocycles. The topological polar surface area (TPSA) is 66.2 Å². The van der Waals surface area contributed by atoms with Crippen molar-refractivity contribution in [1.29, 1.82) is 0 Å². The average molecular weight is 303 g/mol. The number of methoxy groups -OCH3 is 1. The molecule has 1 aromatic heterocycles. The maximum atomic E-state index is 11.1. The Labute approximate surface area is 130 Å². The SMILES string of the molecule is COc1cccc(OCc2c(C=O)nnn2CCC(C)C)c1. The number of ether oxygens (including phenoxy) is 2. The number of aryl methyl sites for hydroxylation is 1. The maximum Gasteiger partial charge on any atom is 0.172 e. The van der Waals surface area contributed by atoms with Crippen LogP contribution in [0.15, 0.2) is 24.3 Å². The van der Waals surface area contributed by atoms with Crippen LogP contribution in [0.4, 0.5) is 0 Å². The molecular weight excluding hydrogens is 282 g/mol. The fraction of sp³-hybridized carbons (Fsp3) is 0.438. The summed E-state index contributed by atoms with van der Waals surface area (Å²) in [5.74, 6) is 1.95.